The molecule has 3 heteroatoms. The second kappa shape index (κ2) is 5.17. The van der Waals surface area contributed by atoms with Crippen LogP contribution in [0.15, 0.2) is 30.3 Å². The van der Waals surface area contributed by atoms with Crippen LogP contribution in [-0.4, -0.2) is 6.61 Å². The van der Waals surface area contributed by atoms with Crippen LogP contribution in [0, 0.1) is 0 Å². The fourth-order valence-corrected chi connectivity index (χ4v) is 1.06. The minimum Gasteiger partial charge on any atom is -0.489 e. The third-order valence-corrected chi connectivity index (χ3v) is 1.55. The fraction of sp³-hybridized carbons (Fsp3) is 0.111. The molecule has 0 amide bonds. The Kier molecular flexibility index (Phi) is 4.93. The molecule has 2 rings (SSSR count). The van der Waals surface area contributed by atoms with E-state index in [0.29, 0.717) is 6.61 Å². The summed E-state index contributed by atoms with van der Waals surface area (Å²) < 4.78 is 5.34. The Labute approximate surface area is 87.7 Å². The third kappa shape index (κ3) is 2.22. The summed E-state index contributed by atoms with van der Waals surface area (Å²) in [7, 11) is 0. The summed E-state index contributed by atoms with van der Waals surface area (Å²) in [6.45, 7) is 0.705. The molecule has 0 fully saturated rings. The monoisotopic (exact) mass is 327 g/mol. The van der Waals surface area contributed by atoms with E-state index < -0.39 is 0 Å². The van der Waals surface area contributed by atoms with Crippen molar-refractivity contribution in [3.63, 3.8) is 0 Å². The predicted molar refractivity (Wildman–Crippen MR) is 43.1 cm³/mol. The third-order valence-electron chi connectivity index (χ3n) is 1.55. The van der Waals surface area contributed by atoms with E-state index in [9.17, 15) is 0 Å². The van der Waals surface area contributed by atoms with Crippen molar-refractivity contribution >= 4 is 6.08 Å². The molecule has 1 heterocycles. The van der Waals surface area contributed by atoms with Gasteiger partial charge < -0.3 is 4.74 Å². The van der Waals surface area contributed by atoms with Crippen molar-refractivity contribution in [1.82, 2.24) is 6.15 Å². The van der Waals surface area contributed by atoms with Gasteiger partial charge in [-0.1, -0.05) is 24.3 Å². The molecule has 0 N–H and O–H groups in total. The molecule has 0 bridgehead atoms. The maximum absolute atomic E-state index is 5.34. The van der Waals surface area contributed by atoms with Gasteiger partial charge in [0.1, 0.15) is 12.4 Å². The topological polar surface area (TPSA) is 39.7 Å². The van der Waals surface area contributed by atoms with Crippen LogP contribution in [-0.2, 0) is 22.4 Å². The Bertz CT molecular complexity index is 273. The van der Waals surface area contributed by atoms with Gasteiger partial charge in [0.2, 0.25) is 0 Å². The Morgan fingerprint density at radius 3 is 2.67 bits per heavy atom. The standard InChI is InChI=1S/C9H8O.N.Ta/c1-2-6-9-8(4-1)5-3-7-10-9;;/h1-6H,7H2;;. The molecule has 1 aliphatic rings. The predicted octanol–water partition coefficient (Wildman–Crippen LogP) is 1.61. The van der Waals surface area contributed by atoms with Crippen molar-refractivity contribution in [3.8, 4) is 5.75 Å². The summed E-state index contributed by atoms with van der Waals surface area (Å²) in [4.78, 5) is 0. The van der Waals surface area contributed by atoms with Crippen LogP contribution in [0.5, 0.6) is 5.75 Å². The summed E-state index contributed by atoms with van der Waals surface area (Å²) in [6, 6.07) is 8.03. The number of para-hydroxylation sites is 1. The van der Waals surface area contributed by atoms with Crippen LogP contribution >= 0.6 is 0 Å². The van der Waals surface area contributed by atoms with Crippen molar-refractivity contribution in [2.45, 2.75) is 0 Å². The first-order valence-corrected chi connectivity index (χ1v) is 3.35. The average Bonchev–Trinajstić information content (AvgIpc) is 2.05. The first kappa shape index (κ1) is 11.5. The maximum atomic E-state index is 5.34. The van der Waals surface area contributed by atoms with Gasteiger partial charge in [-0.2, -0.15) is 0 Å². The van der Waals surface area contributed by atoms with E-state index >= 15 is 0 Å². The second-order valence-corrected chi connectivity index (χ2v) is 2.25. The molecule has 0 saturated heterocycles. The molecular formula is C9H8NOTa. The Balaban J connectivity index is 0.000000605. The number of rotatable bonds is 0. The van der Waals surface area contributed by atoms with Crippen LogP contribution in [0.2, 0.25) is 0 Å². The van der Waals surface area contributed by atoms with Crippen molar-refractivity contribution in [2.24, 2.45) is 0 Å². The Morgan fingerprint density at radius 1 is 1.17 bits per heavy atom. The zero-order valence-electron chi connectivity index (χ0n) is 6.47. The van der Waals surface area contributed by atoms with Gasteiger partial charge in [0, 0.05) is 34.1 Å². The van der Waals surface area contributed by atoms with E-state index in [0.717, 1.165) is 5.75 Å². The molecular weight excluding hydrogens is 319 g/mol. The Hall–Kier alpha value is -0.540. The zero-order valence-corrected chi connectivity index (χ0v) is 9.69. The van der Waals surface area contributed by atoms with Crippen molar-refractivity contribution in [3.05, 3.63) is 35.9 Å². The normalized spacial score (nSPS) is 11.7. The van der Waals surface area contributed by atoms with Gasteiger partial charge in [0.05, 0.1) is 0 Å². The summed E-state index contributed by atoms with van der Waals surface area (Å²) in [5, 5.41) is 0. The van der Waals surface area contributed by atoms with Crippen LogP contribution in [0.3, 0.4) is 0 Å². The van der Waals surface area contributed by atoms with Gasteiger partial charge in [0.25, 0.3) is 0 Å². The number of hydrogen-bond donors (Lipinski definition) is 0. The van der Waals surface area contributed by atoms with E-state index in [4.69, 9.17) is 4.74 Å². The quantitative estimate of drug-likeness (QED) is 0.714. The van der Waals surface area contributed by atoms with Crippen LogP contribution < -0.4 is 10.9 Å². The van der Waals surface area contributed by atoms with Crippen LogP contribution in [0.4, 0.5) is 0 Å². The number of ether oxygens (including phenoxy) is 1. The first-order valence-electron chi connectivity index (χ1n) is 3.35. The molecule has 12 heavy (non-hydrogen) atoms. The molecule has 0 saturated carbocycles. The molecule has 0 atom stereocenters. The molecule has 2 nitrogen and oxygen atoms in total. The van der Waals surface area contributed by atoms with E-state index in [1.165, 1.54) is 5.56 Å². The summed E-state index contributed by atoms with van der Waals surface area (Å²) in [6.07, 6.45) is 4.10. The fourth-order valence-electron chi connectivity index (χ4n) is 1.06. The van der Waals surface area contributed by atoms with Gasteiger partial charge in [0.15, 0.2) is 0 Å². The molecule has 1 aliphatic heterocycles. The van der Waals surface area contributed by atoms with Gasteiger partial charge in [-0.3, -0.25) is 0 Å². The van der Waals surface area contributed by atoms with Gasteiger partial charge in [-0.25, -0.2) is 0 Å². The van der Waals surface area contributed by atoms with Crippen LogP contribution in [0.25, 0.3) is 6.08 Å². The summed E-state index contributed by atoms with van der Waals surface area (Å²) in [5.74, 6) is 0.991. The van der Waals surface area contributed by atoms with Crippen molar-refractivity contribution < 1.29 is 27.1 Å². The SMILES string of the molecule is C1=Cc2ccccc2OC1.[N].[Ta]. The number of fused-ring (bicyclic) bond motifs is 1. The molecule has 0 unspecified atom stereocenters. The van der Waals surface area contributed by atoms with Crippen molar-refractivity contribution in [1.29, 1.82) is 0 Å². The molecule has 60 valence electrons. The molecule has 1 aromatic rings. The summed E-state index contributed by atoms with van der Waals surface area (Å²) in [5.41, 5.74) is 1.17. The van der Waals surface area contributed by atoms with Gasteiger partial charge >= 0.3 is 0 Å². The zero-order chi connectivity index (χ0) is 6.81. The Morgan fingerprint density at radius 2 is 1.92 bits per heavy atom. The van der Waals surface area contributed by atoms with Crippen molar-refractivity contribution in [2.75, 3.05) is 6.61 Å². The minimum atomic E-state index is 0. The van der Waals surface area contributed by atoms with E-state index in [1.54, 1.807) is 0 Å². The van der Waals surface area contributed by atoms with E-state index in [1.807, 2.05) is 30.3 Å². The van der Waals surface area contributed by atoms with Gasteiger partial charge in [-0.05, 0) is 12.1 Å². The van der Waals surface area contributed by atoms with Crippen LogP contribution in [0.1, 0.15) is 5.56 Å². The van der Waals surface area contributed by atoms with Gasteiger partial charge in [-0.15, -0.1) is 0 Å². The average molecular weight is 327 g/mol. The molecule has 0 spiro atoms. The molecule has 4 radical (unpaired) electrons. The first-order chi connectivity index (χ1) is 4.97. The largest absolute Gasteiger partial charge is 0.489 e. The number of nitrogens with zero attached hydrogens (tertiary/aromatic N) is 1. The molecule has 1 aromatic carbocycles. The van der Waals surface area contributed by atoms with E-state index in [-0.39, 0.29) is 28.5 Å². The number of hydrogen-bond acceptors (Lipinski definition) is 1. The number of benzene rings is 1. The summed E-state index contributed by atoms with van der Waals surface area (Å²) >= 11 is 0. The second-order valence-electron chi connectivity index (χ2n) is 2.25. The molecule has 0 aromatic heterocycles. The minimum absolute atomic E-state index is 0. The smallest absolute Gasteiger partial charge is 0.126 e. The van der Waals surface area contributed by atoms with E-state index in [2.05, 4.69) is 6.08 Å². The molecule has 0 aliphatic carbocycles. The maximum Gasteiger partial charge on any atom is 0.126 e.